The highest BCUT2D eigenvalue weighted by atomic mass is 16.6. The molecule has 3 aromatic rings. The molecule has 0 spiro atoms. The molecule has 13 nitrogen and oxygen atoms in total. The summed E-state index contributed by atoms with van der Waals surface area (Å²) in [4.78, 5) is 32.9. The van der Waals surface area contributed by atoms with E-state index in [4.69, 9.17) is 28.9 Å². The van der Waals surface area contributed by atoms with Gasteiger partial charge in [0.1, 0.15) is 35.0 Å². The first-order valence-corrected chi connectivity index (χ1v) is 16.5. The fourth-order valence-corrected chi connectivity index (χ4v) is 6.18. The fourth-order valence-electron chi connectivity index (χ4n) is 6.18. The lowest BCUT2D eigenvalue weighted by Gasteiger charge is -2.43. The van der Waals surface area contributed by atoms with Crippen LogP contribution in [-0.4, -0.2) is 108 Å². The highest BCUT2D eigenvalue weighted by Gasteiger charge is 2.33. The number of carbonyl (C=O) groups is 1. The Kier molecular flexibility index (Phi) is 9.84. The summed E-state index contributed by atoms with van der Waals surface area (Å²) >= 11 is 0. The van der Waals surface area contributed by atoms with Crippen molar-refractivity contribution in [2.24, 2.45) is 5.92 Å². The van der Waals surface area contributed by atoms with Crippen LogP contribution in [-0.2, 0) is 9.47 Å². The zero-order chi connectivity index (χ0) is 33.8. The van der Waals surface area contributed by atoms with Gasteiger partial charge in [-0.15, -0.1) is 0 Å². The summed E-state index contributed by atoms with van der Waals surface area (Å²) in [6, 6.07) is 14.0. The number of anilines is 3. The SMILES string of the molecule is COc1nc(Nc2nccc(-c3ccc(OC4CCN(C(=O)OC(C)(C)C)CC4C)c(C#N)c3)n2)ccc1N1CCN(C2COC2)CC1. The minimum Gasteiger partial charge on any atom is -0.489 e. The van der Waals surface area contributed by atoms with Crippen molar-refractivity contribution in [3.05, 3.63) is 48.2 Å². The topological polar surface area (TPSA) is 138 Å². The van der Waals surface area contributed by atoms with Crippen molar-refractivity contribution in [1.82, 2.24) is 24.8 Å². The number of amides is 1. The largest absolute Gasteiger partial charge is 0.489 e. The second-order valence-corrected chi connectivity index (χ2v) is 13.5. The molecule has 1 N–H and O–H groups in total. The van der Waals surface area contributed by atoms with Gasteiger partial charge in [0.15, 0.2) is 0 Å². The smallest absolute Gasteiger partial charge is 0.410 e. The van der Waals surface area contributed by atoms with Gasteiger partial charge in [0.2, 0.25) is 11.8 Å². The van der Waals surface area contributed by atoms with E-state index in [2.05, 4.69) is 26.2 Å². The number of piperidine rings is 1. The van der Waals surface area contributed by atoms with Crippen LogP contribution in [0.25, 0.3) is 11.3 Å². The highest BCUT2D eigenvalue weighted by molar-refractivity contribution is 5.68. The van der Waals surface area contributed by atoms with E-state index in [1.54, 1.807) is 36.4 Å². The van der Waals surface area contributed by atoms with Crippen molar-refractivity contribution in [2.75, 3.05) is 69.8 Å². The second kappa shape index (κ2) is 14.2. The van der Waals surface area contributed by atoms with Gasteiger partial charge in [0.05, 0.1) is 37.6 Å². The summed E-state index contributed by atoms with van der Waals surface area (Å²) < 4.78 is 22.9. The molecule has 3 aliphatic rings. The number of hydrogen-bond acceptors (Lipinski definition) is 12. The minimum absolute atomic E-state index is 0.0620. The Labute approximate surface area is 281 Å². The van der Waals surface area contributed by atoms with Crippen LogP contribution in [0.2, 0.25) is 0 Å². The third-order valence-electron chi connectivity index (χ3n) is 8.87. The molecule has 2 aromatic heterocycles. The molecule has 0 saturated carbocycles. The first kappa shape index (κ1) is 33.2. The lowest BCUT2D eigenvalue weighted by atomic mass is 9.96. The van der Waals surface area contributed by atoms with Crippen molar-refractivity contribution in [3.8, 4) is 29.0 Å². The number of methoxy groups -OCH3 is 1. The Morgan fingerprint density at radius 1 is 1.06 bits per heavy atom. The Hall–Kier alpha value is -4.67. The lowest BCUT2D eigenvalue weighted by molar-refractivity contribution is -0.0660. The molecule has 48 heavy (non-hydrogen) atoms. The molecule has 13 heteroatoms. The van der Waals surface area contributed by atoms with Crippen LogP contribution < -0.4 is 19.7 Å². The van der Waals surface area contributed by atoms with E-state index in [-0.39, 0.29) is 18.1 Å². The minimum atomic E-state index is -0.546. The summed E-state index contributed by atoms with van der Waals surface area (Å²) in [6.45, 7) is 14.1. The van der Waals surface area contributed by atoms with E-state index >= 15 is 0 Å². The van der Waals surface area contributed by atoms with Crippen LogP contribution in [0.4, 0.5) is 22.2 Å². The molecule has 1 amide bonds. The van der Waals surface area contributed by atoms with Crippen LogP contribution >= 0.6 is 0 Å². The molecular weight excluding hydrogens is 612 g/mol. The number of nitrogens with one attached hydrogen (secondary N) is 1. The van der Waals surface area contributed by atoms with Gasteiger partial charge in [-0.3, -0.25) is 4.90 Å². The molecule has 6 rings (SSSR count). The molecule has 254 valence electrons. The first-order chi connectivity index (χ1) is 23.1. The van der Waals surface area contributed by atoms with E-state index in [0.29, 0.717) is 60.2 Å². The highest BCUT2D eigenvalue weighted by Crippen LogP contribution is 2.32. The summed E-state index contributed by atoms with van der Waals surface area (Å²) in [6.07, 6.45) is 1.85. The van der Waals surface area contributed by atoms with Gasteiger partial charge < -0.3 is 34.1 Å². The summed E-state index contributed by atoms with van der Waals surface area (Å²) in [5, 5.41) is 13.2. The van der Waals surface area contributed by atoms with Crippen LogP contribution in [0.1, 0.15) is 39.7 Å². The van der Waals surface area contributed by atoms with E-state index in [0.717, 1.165) is 50.6 Å². The third-order valence-corrected chi connectivity index (χ3v) is 8.87. The Morgan fingerprint density at radius 2 is 1.85 bits per heavy atom. The molecule has 0 aliphatic carbocycles. The van der Waals surface area contributed by atoms with Gasteiger partial charge in [-0.25, -0.2) is 14.8 Å². The van der Waals surface area contributed by atoms with Crippen LogP contribution in [0.5, 0.6) is 11.6 Å². The quantitative estimate of drug-likeness (QED) is 0.359. The lowest BCUT2D eigenvalue weighted by Crippen LogP contribution is -2.56. The summed E-state index contributed by atoms with van der Waals surface area (Å²) in [5.41, 5.74) is 2.22. The van der Waals surface area contributed by atoms with Gasteiger partial charge in [-0.05, 0) is 57.2 Å². The van der Waals surface area contributed by atoms with Crippen LogP contribution in [0.15, 0.2) is 42.6 Å². The maximum atomic E-state index is 12.6. The number of likely N-dealkylation sites (tertiary alicyclic amines) is 1. The molecule has 3 saturated heterocycles. The van der Waals surface area contributed by atoms with Gasteiger partial charge >= 0.3 is 6.09 Å². The Balaban J connectivity index is 1.09. The number of benzene rings is 1. The molecular formula is C35H44N8O5. The van der Waals surface area contributed by atoms with Crippen molar-refractivity contribution in [3.63, 3.8) is 0 Å². The molecule has 3 fully saturated rings. The van der Waals surface area contributed by atoms with Gasteiger partial charge in [-0.1, -0.05) is 6.92 Å². The molecule has 0 radical (unpaired) electrons. The standard InChI is InChI=1S/C35H44N8O5/c1-23-20-43(34(44)48-35(2,3)4)13-11-29(23)47-30-8-6-24(18-25(30)19-36)27-10-12-37-33(38-27)40-31-9-7-28(32(39-31)45-5)42-16-14-41(15-17-42)26-21-46-22-26/h6-10,12,18,23,26,29H,11,13-17,20-22H2,1-5H3,(H,37,38,39,40). The zero-order valence-electron chi connectivity index (χ0n) is 28.3. The summed E-state index contributed by atoms with van der Waals surface area (Å²) in [5.74, 6) is 2.04. The van der Waals surface area contributed by atoms with Crippen molar-refractivity contribution < 1.29 is 23.7 Å². The number of nitrogens with zero attached hydrogens (tertiary/aromatic N) is 7. The molecule has 1 aromatic carbocycles. The predicted octanol–water partition coefficient (Wildman–Crippen LogP) is 4.71. The first-order valence-electron chi connectivity index (χ1n) is 16.5. The van der Waals surface area contributed by atoms with Crippen molar-refractivity contribution in [1.29, 1.82) is 5.26 Å². The molecule has 5 heterocycles. The Bertz CT molecular complexity index is 1640. The fraction of sp³-hybridized carbons (Fsp3) is 0.514. The number of piperazine rings is 1. The zero-order valence-corrected chi connectivity index (χ0v) is 28.3. The normalized spacial score (nSPS) is 20.4. The molecule has 3 aliphatic heterocycles. The average Bonchev–Trinajstić information content (AvgIpc) is 3.04. The maximum Gasteiger partial charge on any atom is 0.410 e. The van der Waals surface area contributed by atoms with E-state index in [9.17, 15) is 10.1 Å². The third kappa shape index (κ3) is 7.72. The molecule has 2 unspecified atom stereocenters. The van der Waals surface area contributed by atoms with Crippen LogP contribution in [0.3, 0.4) is 0 Å². The Morgan fingerprint density at radius 3 is 2.52 bits per heavy atom. The number of nitriles is 1. The molecule has 0 bridgehead atoms. The average molecular weight is 657 g/mol. The number of pyridine rings is 1. The predicted molar refractivity (Wildman–Crippen MR) is 181 cm³/mol. The van der Waals surface area contributed by atoms with Crippen LogP contribution in [0, 0.1) is 17.2 Å². The number of hydrogen-bond donors (Lipinski definition) is 1. The number of carbonyl (C=O) groups excluding carboxylic acids is 1. The van der Waals surface area contributed by atoms with E-state index in [1.165, 1.54) is 0 Å². The second-order valence-electron chi connectivity index (χ2n) is 13.5. The van der Waals surface area contributed by atoms with E-state index in [1.807, 2.05) is 45.9 Å². The number of ether oxygens (including phenoxy) is 4. The molecule has 2 atom stereocenters. The monoisotopic (exact) mass is 656 g/mol. The summed E-state index contributed by atoms with van der Waals surface area (Å²) in [7, 11) is 1.63. The van der Waals surface area contributed by atoms with Gasteiger partial charge in [-0.2, -0.15) is 10.2 Å². The number of rotatable bonds is 8. The van der Waals surface area contributed by atoms with E-state index < -0.39 is 5.60 Å². The van der Waals surface area contributed by atoms with Crippen molar-refractivity contribution >= 4 is 23.5 Å². The van der Waals surface area contributed by atoms with Gasteiger partial charge in [0.25, 0.3) is 0 Å². The van der Waals surface area contributed by atoms with Gasteiger partial charge in [0, 0.05) is 63.4 Å². The van der Waals surface area contributed by atoms with Crippen molar-refractivity contribution in [2.45, 2.75) is 51.9 Å². The number of aromatic nitrogens is 3. The maximum absolute atomic E-state index is 12.6.